The molecule has 1 fully saturated rings. The predicted molar refractivity (Wildman–Crippen MR) is 229 cm³/mol. The molecule has 58 heavy (non-hydrogen) atoms. The Hall–Kier alpha value is -1.87. The van der Waals surface area contributed by atoms with Gasteiger partial charge in [-0.05, 0) is 51.4 Å². The minimum atomic E-state index is -4.60. The Balaban J connectivity index is 2.44. The van der Waals surface area contributed by atoms with Crippen molar-refractivity contribution in [3.05, 3.63) is 24.8 Å². The van der Waals surface area contributed by atoms with Crippen LogP contribution in [-0.4, -0.2) is 96.0 Å². The molecule has 1 aliphatic rings. The van der Waals surface area contributed by atoms with Gasteiger partial charge in [-0.15, -0.1) is 6.58 Å². The van der Waals surface area contributed by atoms with Crippen molar-refractivity contribution in [1.82, 2.24) is 0 Å². The molecular weight excluding hydrogens is 765 g/mol. The van der Waals surface area contributed by atoms with Gasteiger partial charge in [0.15, 0.2) is 12.4 Å². The molecule has 0 aromatic heterocycles. The van der Waals surface area contributed by atoms with Gasteiger partial charge in [-0.2, -0.15) is 8.42 Å². The average molecular weight is 847 g/mol. The van der Waals surface area contributed by atoms with Crippen LogP contribution >= 0.6 is 0 Å². The van der Waals surface area contributed by atoms with Gasteiger partial charge in [0.1, 0.15) is 36.8 Å². The van der Waals surface area contributed by atoms with E-state index in [2.05, 4.69) is 25.7 Å². The average Bonchev–Trinajstić information content (AvgIpc) is 3.18. The van der Waals surface area contributed by atoms with Gasteiger partial charge in [-0.1, -0.05) is 147 Å². The molecule has 340 valence electrons. The van der Waals surface area contributed by atoms with Crippen LogP contribution in [0.2, 0.25) is 0 Å². The Kier molecular flexibility index (Phi) is 33.5. The molecule has 0 bridgehead atoms. The lowest BCUT2D eigenvalue weighted by Gasteiger charge is -2.40. The van der Waals surface area contributed by atoms with Gasteiger partial charge >= 0.3 is 11.9 Å². The number of hydrogen-bond acceptors (Lipinski definition) is 11. The number of hydrogen-bond donors (Lipinski definition) is 4. The number of rotatable bonds is 39. The van der Waals surface area contributed by atoms with Crippen LogP contribution in [-0.2, 0) is 38.7 Å². The summed E-state index contributed by atoms with van der Waals surface area (Å²) in [5, 5.41) is 30.9. The Morgan fingerprint density at radius 1 is 0.621 bits per heavy atom. The SMILES string of the molecule is C=CCCCCCCCCCCCCCCCC(=O)O[C@H](COC(=O)CCCCCCC/C=C/CCCCCCCC)CO[C@H]1O[C@H](CS(=O)(=O)O)[C@@H](O)C(O)C1O. The van der Waals surface area contributed by atoms with Crippen molar-refractivity contribution < 1.29 is 56.8 Å². The van der Waals surface area contributed by atoms with Crippen LogP contribution < -0.4 is 0 Å². The molecule has 13 heteroatoms. The van der Waals surface area contributed by atoms with Crippen molar-refractivity contribution >= 4 is 22.1 Å². The summed E-state index contributed by atoms with van der Waals surface area (Å²) in [6.45, 7) is 5.28. The third-order valence-corrected chi connectivity index (χ3v) is 11.4. The van der Waals surface area contributed by atoms with Crippen molar-refractivity contribution in [3.8, 4) is 0 Å². The first kappa shape index (κ1) is 54.1. The summed E-state index contributed by atoms with van der Waals surface area (Å²) < 4.78 is 54.0. The van der Waals surface area contributed by atoms with Crippen LogP contribution in [0.1, 0.15) is 193 Å². The van der Waals surface area contributed by atoms with Crippen LogP contribution in [0, 0.1) is 0 Å². The van der Waals surface area contributed by atoms with Gasteiger partial charge in [0.2, 0.25) is 0 Å². The smallest absolute Gasteiger partial charge is 0.306 e. The van der Waals surface area contributed by atoms with E-state index in [9.17, 15) is 37.9 Å². The van der Waals surface area contributed by atoms with E-state index in [1.165, 1.54) is 96.3 Å². The normalized spacial score (nSPS) is 20.3. The summed E-state index contributed by atoms with van der Waals surface area (Å²) in [6, 6.07) is 0. The molecule has 0 aromatic carbocycles. The first-order valence-corrected chi connectivity index (χ1v) is 24.5. The van der Waals surface area contributed by atoms with Gasteiger partial charge in [-0.25, -0.2) is 0 Å². The van der Waals surface area contributed by atoms with Crippen molar-refractivity contribution in [2.24, 2.45) is 0 Å². The maximum Gasteiger partial charge on any atom is 0.306 e. The number of allylic oxidation sites excluding steroid dienone is 3. The molecule has 2 unspecified atom stereocenters. The highest BCUT2D eigenvalue weighted by molar-refractivity contribution is 7.85. The topological polar surface area (TPSA) is 186 Å². The lowest BCUT2D eigenvalue weighted by Crippen LogP contribution is -2.60. The van der Waals surface area contributed by atoms with Crippen LogP contribution in [0.15, 0.2) is 24.8 Å². The minimum Gasteiger partial charge on any atom is -0.462 e. The number of aliphatic hydroxyl groups excluding tert-OH is 3. The van der Waals surface area contributed by atoms with Crippen molar-refractivity contribution in [2.75, 3.05) is 19.0 Å². The molecule has 0 radical (unpaired) electrons. The van der Waals surface area contributed by atoms with Crippen molar-refractivity contribution in [2.45, 2.75) is 230 Å². The maximum absolute atomic E-state index is 12.8. The summed E-state index contributed by atoms with van der Waals surface area (Å²) in [6.07, 6.45) is 28.3. The second-order valence-electron chi connectivity index (χ2n) is 16.1. The van der Waals surface area contributed by atoms with Crippen LogP contribution in [0.4, 0.5) is 0 Å². The lowest BCUT2D eigenvalue weighted by molar-refractivity contribution is -0.297. The fraction of sp³-hybridized carbons (Fsp3) is 0.867. The van der Waals surface area contributed by atoms with E-state index in [4.69, 9.17) is 18.9 Å². The Bertz CT molecular complexity index is 1160. The van der Waals surface area contributed by atoms with Crippen LogP contribution in [0.5, 0.6) is 0 Å². The first-order chi connectivity index (χ1) is 28.0. The fourth-order valence-corrected chi connectivity index (χ4v) is 7.75. The van der Waals surface area contributed by atoms with E-state index in [1.54, 1.807) is 0 Å². The zero-order valence-corrected chi connectivity index (χ0v) is 36.8. The molecule has 0 aromatic rings. The highest BCUT2D eigenvalue weighted by Crippen LogP contribution is 2.24. The molecule has 1 rings (SSSR count). The number of aliphatic hydroxyl groups is 3. The summed E-state index contributed by atoms with van der Waals surface area (Å²) in [5.41, 5.74) is 0. The quantitative estimate of drug-likeness (QED) is 0.0199. The van der Waals surface area contributed by atoms with E-state index in [1.807, 2.05) is 6.08 Å². The fourth-order valence-electron chi connectivity index (χ4n) is 7.06. The van der Waals surface area contributed by atoms with Gasteiger partial charge in [0.25, 0.3) is 10.1 Å². The number of carbonyl (C=O) groups is 2. The highest BCUT2D eigenvalue weighted by Gasteiger charge is 2.46. The van der Waals surface area contributed by atoms with Crippen molar-refractivity contribution in [1.29, 1.82) is 0 Å². The number of carbonyl (C=O) groups excluding carboxylic acids is 2. The molecule has 1 aliphatic heterocycles. The molecule has 1 saturated heterocycles. The first-order valence-electron chi connectivity index (χ1n) is 22.9. The zero-order chi connectivity index (χ0) is 42.7. The Labute approximate surface area is 351 Å². The molecule has 0 aliphatic carbocycles. The molecule has 1 heterocycles. The number of ether oxygens (including phenoxy) is 4. The predicted octanol–water partition coefficient (Wildman–Crippen LogP) is 9.23. The maximum atomic E-state index is 12.8. The monoisotopic (exact) mass is 847 g/mol. The van der Waals surface area contributed by atoms with E-state index < -0.39 is 71.2 Å². The van der Waals surface area contributed by atoms with E-state index in [0.717, 1.165) is 64.2 Å². The molecule has 6 atom stereocenters. The van der Waals surface area contributed by atoms with Gasteiger partial charge in [-0.3, -0.25) is 14.1 Å². The molecule has 0 saturated carbocycles. The summed E-state index contributed by atoms with van der Waals surface area (Å²) in [5.74, 6) is -1.99. The van der Waals surface area contributed by atoms with Gasteiger partial charge < -0.3 is 34.3 Å². The zero-order valence-electron chi connectivity index (χ0n) is 36.0. The highest BCUT2D eigenvalue weighted by atomic mass is 32.2. The Morgan fingerprint density at radius 3 is 1.55 bits per heavy atom. The summed E-state index contributed by atoms with van der Waals surface area (Å²) >= 11 is 0. The molecule has 4 N–H and O–H groups in total. The van der Waals surface area contributed by atoms with Crippen LogP contribution in [0.3, 0.4) is 0 Å². The summed E-state index contributed by atoms with van der Waals surface area (Å²) in [4.78, 5) is 25.4. The third-order valence-electron chi connectivity index (χ3n) is 10.6. The molecule has 12 nitrogen and oxygen atoms in total. The second-order valence-corrected chi connectivity index (χ2v) is 17.6. The number of unbranched alkanes of at least 4 members (excludes halogenated alkanes) is 24. The van der Waals surface area contributed by atoms with Gasteiger partial charge in [0, 0.05) is 12.8 Å². The van der Waals surface area contributed by atoms with Gasteiger partial charge in [0.05, 0.1) is 6.61 Å². The standard InChI is InChI=1S/C45H82O12S/c1-3-5-7-9-11-13-15-17-19-21-23-25-27-29-31-33-40(46)54-35-38(36-55-45-44(50)43(49)42(48)39(57-45)37-58(51,52)53)56-41(47)34-32-30-28-26-24-22-20-18-16-14-12-10-8-6-4-2/h4,17,19,38-39,42-45,48-50H,2-3,5-16,18,20-37H2,1H3,(H,51,52,53)/b19-17+/t38-,39-,42-,43?,44?,45+/m1/s1. The van der Waals surface area contributed by atoms with E-state index in [-0.39, 0.29) is 19.4 Å². The largest absolute Gasteiger partial charge is 0.462 e. The number of esters is 2. The van der Waals surface area contributed by atoms with E-state index >= 15 is 0 Å². The molecular formula is C45H82O12S. The molecule has 0 amide bonds. The third kappa shape index (κ3) is 30.2. The summed E-state index contributed by atoms with van der Waals surface area (Å²) in [7, 11) is -4.60. The second kappa shape index (κ2) is 35.8. The van der Waals surface area contributed by atoms with E-state index in [0.29, 0.717) is 12.8 Å². The minimum absolute atomic E-state index is 0.163. The van der Waals surface area contributed by atoms with Crippen LogP contribution in [0.25, 0.3) is 0 Å². The Morgan fingerprint density at radius 2 is 1.07 bits per heavy atom. The van der Waals surface area contributed by atoms with Crippen molar-refractivity contribution in [3.63, 3.8) is 0 Å². The lowest BCUT2D eigenvalue weighted by atomic mass is 10.00. The molecule has 0 spiro atoms.